The Kier molecular flexibility index (Phi) is 4.46. The second-order valence-corrected chi connectivity index (χ2v) is 5.40. The van der Waals surface area contributed by atoms with Gasteiger partial charge in [-0.1, -0.05) is 24.9 Å². The predicted octanol–water partition coefficient (Wildman–Crippen LogP) is 3.45. The molecule has 1 aliphatic rings. The van der Waals surface area contributed by atoms with Crippen molar-refractivity contribution in [2.45, 2.75) is 38.8 Å². The van der Waals surface area contributed by atoms with Gasteiger partial charge in [-0.15, -0.1) is 0 Å². The van der Waals surface area contributed by atoms with Crippen molar-refractivity contribution in [1.29, 1.82) is 0 Å². The number of halogens is 2. The Bertz CT molecular complexity index is 411. The van der Waals surface area contributed by atoms with Crippen LogP contribution in [0.4, 0.5) is 10.1 Å². The number of hydrogen-bond donors (Lipinski definition) is 1. The number of nitrogens with zero attached hydrogens (tertiary/aromatic N) is 1. The Balaban J connectivity index is 2.16. The molecule has 0 radical (unpaired) electrons. The van der Waals surface area contributed by atoms with Crippen LogP contribution in [0.5, 0.6) is 0 Å². The van der Waals surface area contributed by atoms with Crippen molar-refractivity contribution in [2.24, 2.45) is 0 Å². The van der Waals surface area contributed by atoms with E-state index in [4.69, 9.17) is 11.6 Å². The highest BCUT2D eigenvalue weighted by atomic mass is 35.5. The van der Waals surface area contributed by atoms with E-state index >= 15 is 0 Å². The molecule has 2 unspecified atom stereocenters. The van der Waals surface area contributed by atoms with Crippen molar-refractivity contribution in [2.75, 3.05) is 18.0 Å². The van der Waals surface area contributed by atoms with Crippen molar-refractivity contribution in [3.63, 3.8) is 0 Å². The fraction of sp³-hybridized carbons (Fsp3) is 0.571. The van der Waals surface area contributed by atoms with Gasteiger partial charge in [-0.05, 0) is 31.5 Å². The summed E-state index contributed by atoms with van der Waals surface area (Å²) >= 11 is 5.86. The third-order valence-electron chi connectivity index (χ3n) is 3.52. The van der Waals surface area contributed by atoms with E-state index in [1.165, 1.54) is 12.5 Å². The Hall–Kier alpha value is -0.800. The van der Waals surface area contributed by atoms with Crippen LogP contribution < -0.4 is 10.2 Å². The molecule has 18 heavy (non-hydrogen) atoms. The van der Waals surface area contributed by atoms with E-state index in [-0.39, 0.29) is 10.8 Å². The van der Waals surface area contributed by atoms with Gasteiger partial charge in [0.05, 0.1) is 5.02 Å². The molecule has 1 saturated heterocycles. The molecule has 2 nitrogen and oxygen atoms in total. The first-order chi connectivity index (χ1) is 8.61. The Morgan fingerprint density at radius 2 is 2.28 bits per heavy atom. The zero-order chi connectivity index (χ0) is 13.1. The Morgan fingerprint density at radius 3 is 2.94 bits per heavy atom. The molecule has 0 aromatic heterocycles. The molecule has 0 spiro atoms. The summed E-state index contributed by atoms with van der Waals surface area (Å²) in [6.07, 6.45) is 2.34. The van der Waals surface area contributed by atoms with Gasteiger partial charge in [0.15, 0.2) is 0 Å². The lowest BCUT2D eigenvalue weighted by Gasteiger charge is -2.40. The molecule has 1 N–H and O–H groups in total. The predicted molar refractivity (Wildman–Crippen MR) is 74.9 cm³/mol. The van der Waals surface area contributed by atoms with Crippen molar-refractivity contribution in [3.8, 4) is 0 Å². The van der Waals surface area contributed by atoms with E-state index < -0.39 is 0 Å². The van der Waals surface area contributed by atoms with Gasteiger partial charge in [-0.2, -0.15) is 0 Å². The van der Waals surface area contributed by atoms with E-state index in [9.17, 15) is 4.39 Å². The average molecular weight is 271 g/mol. The smallest absolute Gasteiger partial charge is 0.141 e. The SMILES string of the molecule is CCCC1CN(c2ccc(F)c(Cl)c2)C(C)CN1. The number of rotatable bonds is 3. The molecule has 0 bridgehead atoms. The summed E-state index contributed by atoms with van der Waals surface area (Å²) in [6, 6.07) is 5.89. The monoisotopic (exact) mass is 270 g/mol. The molecule has 1 fully saturated rings. The molecular weight excluding hydrogens is 251 g/mol. The molecule has 100 valence electrons. The van der Waals surface area contributed by atoms with Crippen molar-refractivity contribution in [1.82, 2.24) is 5.32 Å². The van der Waals surface area contributed by atoms with Crippen LogP contribution in [0.15, 0.2) is 18.2 Å². The van der Waals surface area contributed by atoms with Crippen LogP contribution in [0.3, 0.4) is 0 Å². The molecule has 1 aromatic carbocycles. The molecular formula is C14H20ClFN2. The topological polar surface area (TPSA) is 15.3 Å². The van der Waals surface area contributed by atoms with Crippen LogP contribution in [0.25, 0.3) is 0 Å². The van der Waals surface area contributed by atoms with Crippen LogP contribution in [0.2, 0.25) is 5.02 Å². The summed E-state index contributed by atoms with van der Waals surface area (Å²) < 4.78 is 13.2. The maximum atomic E-state index is 13.2. The minimum Gasteiger partial charge on any atom is -0.366 e. The zero-order valence-electron chi connectivity index (χ0n) is 10.9. The van der Waals surface area contributed by atoms with Crippen LogP contribution in [-0.4, -0.2) is 25.2 Å². The molecule has 0 saturated carbocycles. The van der Waals surface area contributed by atoms with E-state index in [1.807, 2.05) is 6.07 Å². The maximum Gasteiger partial charge on any atom is 0.141 e. The number of benzene rings is 1. The summed E-state index contributed by atoms with van der Waals surface area (Å²) in [5.74, 6) is -0.353. The van der Waals surface area contributed by atoms with Gasteiger partial charge in [0.1, 0.15) is 5.82 Å². The molecule has 1 heterocycles. The summed E-state index contributed by atoms with van der Waals surface area (Å²) in [6.45, 7) is 6.28. The van der Waals surface area contributed by atoms with Crippen LogP contribution in [0.1, 0.15) is 26.7 Å². The maximum absolute atomic E-state index is 13.2. The zero-order valence-corrected chi connectivity index (χ0v) is 11.7. The molecule has 0 amide bonds. The number of piperazine rings is 1. The first-order valence-corrected chi connectivity index (χ1v) is 6.94. The number of hydrogen-bond acceptors (Lipinski definition) is 2. The normalized spacial score (nSPS) is 24.3. The third kappa shape index (κ3) is 2.96. The Morgan fingerprint density at radius 1 is 1.50 bits per heavy atom. The second-order valence-electron chi connectivity index (χ2n) is 4.99. The van der Waals surface area contributed by atoms with Gasteiger partial charge in [-0.3, -0.25) is 0 Å². The highest BCUT2D eigenvalue weighted by molar-refractivity contribution is 6.31. The molecule has 4 heteroatoms. The number of anilines is 1. The van der Waals surface area contributed by atoms with Gasteiger partial charge in [0.25, 0.3) is 0 Å². The van der Waals surface area contributed by atoms with E-state index in [2.05, 4.69) is 24.1 Å². The van der Waals surface area contributed by atoms with Crippen molar-refractivity contribution in [3.05, 3.63) is 29.0 Å². The first-order valence-electron chi connectivity index (χ1n) is 6.57. The van der Waals surface area contributed by atoms with Crippen molar-refractivity contribution < 1.29 is 4.39 Å². The molecule has 1 aromatic rings. The highest BCUT2D eigenvalue weighted by Gasteiger charge is 2.24. The average Bonchev–Trinajstić information content (AvgIpc) is 2.35. The summed E-state index contributed by atoms with van der Waals surface area (Å²) in [5, 5.41) is 3.75. The van der Waals surface area contributed by atoms with Crippen LogP contribution >= 0.6 is 11.6 Å². The van der Waals surface area contributed by atoms with Crippen LogP contribution in [-0.2, 0) is 0 Å². The van der Waals surface area contributed by atoms with E-state index in [1.54, 1.807) is 6.07 Å². The molecule has 2 rings (SSSR count). The number of nitrogens with one attached hydrogen (secondary N) is 1. The fourth-order valence-electron chi connectivity index (χ4n) is 2.49. The van der Waals surface area contributed by atoms with E-state index in [0.29, 0.717) is 12.1 Å². The van der Waals surface area contributed by atoms with Gasteiger partial charge < -0.3 is 10.2 Å². The largest absolute Gasteiger partial charge is 0.366 e. The summed E-state index contributed by atoms with van der Waals surface area (Å²) in [5.41, 5.74) is 1.01. The van der Waals surface area contributed by atoms with Gasteiger partial charge in [0, 0.05) is 30.9 Å². The minimum absolute atomic E-state index is 0.199. The lowest BCUT2D eigenvalue weighted by atomic mass is 10.1. The molecule has 0 aliphatic carbocycles. The molecule has 1 aliphatic heterocycles. The van der Waals surface area contributed by atoms with Gasteiger partial charge >= 0.3 is 0 Å². The first kappa shape index (κ1) is 13.6. The van der Waals surface area contributed by atoms with Crippen LogP contribution in [0, 0.1) is 5.82 Å². The Labute approximate surface area is 113 Å². The molecule has 2 atom stereocenters. The summed E-state index contributed by atoms with van der Waals surface area (Å²) in [7, 11) is 0. The lowest BCUT2D eigenvalue weighted by molar-refractivity contribution is 0.386. The fourth-order valence-corrected chi connectivity index (χ4v) is 2.67. The third-order valence-corrected chi connectivity index (χ3v) is 3.81. The quantitative estimate of drug-likeness (QED) is 0.905. The van der Waals surface area contributed by atoms with Gasteiger partial charge in [0.2, 0.25) is 0 Å². The second kappa shape index (κ2) is 5.89. The standard InChI is InChI=1S/C14H20ClFN2/c1-3-4-11-9-18(10(2)8-17-11)12-5-6-14(16)13(15)7-12/h5-7,10-11,17H,3-4,8-9H2,1-2H3. The van der Waals surface area contributed by atoms with Gasteiger partial charge in [-0.25, -0.2) is 4.39 Å². The summed E-state index contributed by atoms with van der Waals surface area (Å²) in [4.78, 5) is 2.31. The lowest BCUT2D eigenvalue weighted by Crippen LogP contribution is -2.55. The highest BCUT2D eigenvalue weighted by Crippen LogP contribution is 2.25. The van der Waals surface area contributed by atoms with E-state index in [0.717, 1.165) is 25.2 Å². The minimum atomic E-state index is -0.353. The van der Waals surface area contributed by atoms with Crippen molar-refractivity contribution >= 4 is 17.3 Å².